The van der Waals surface area contributed by atoms with Crippen molar-refractivity contribution in [1.82, 2.24) is 0 Å². The van der Waals surface area contributed by atoms with Crippen LogP contribution in [0.4, 0.5) is 0 Å². The van der Waals surface area contributed by atoms with Gasteiger partial charge in [-0.25, -0.2) is 0 Å². The van der Waals surface area contributed by atoms with E-state index in [2.05, 4.69) is 58.5 Å². The zero-order valence-electron chi connectivity index (χ0n) is 28.4. The summed E-state index contributed by atoms with van der Waals surface area (Å²) in [6.07, 6.45) is 4.99. The first-order valence-corrected chi connectivity index (χ1v) is 18.0. The van der Waals surface area contributed by atoms with Crippen molar-refractivity contribution in [3.8, 4) is 0 Å². The van der Waals surface area contributed by atoms with Crippen LogP contribution in [0.3, 0.4) is 0 Å². The Morgan fingerprint density at radius 1 is 0.848 bits per heavy atom. The molecule has 6 heterocycles. The predicted molar refractivity (Wildman–Crippen MR) is 173 cm³/mol. The molecule has 0 aliphatic carbocycles. The number of fused-ring (bicyclic) bond motifs is 4. The smallest absolute Gasteiger partial charge is 0.171 e. The second-order valence-corrected chi connectivity index (χ2v) is 15.6. The van der Waals surface area contributed by atoms with E-state index in [1.54, 1.807) is 6.08 Å². The maximum Gasteiger partial charge on any atom is 0.171 e. The Morgan fingerprint density at radius 3 is 2.30 bits per heavy atom. The molecule has 0 saturated carbocycles. The van der Waals surface area contributed by atoms with Crippen LogP contribution in [0.2, 0.25) is 0 Å². The Hall–Kier alpha value is -1.36. The third-order valence-corrected chi connectivity index (χ3v) is 12.6. The molecule has 8 nitrogen and oxygen atoms in total. The summed E-state index contributed by atoms with van der Waals surface area (Å²) in [7, 11) is 0. The van der Waals surface area contributed by atoms with Crippen LogP contribution in [0.1, 0.15) is 78.7 Å². The molecule has 6 fully saturated rings. The van der Waals surface area contributed by atoms with E-state index < -0.39 is 17.5 Å². The first kappa shape index (κ1) is 33.2. The molecule has 0 amide bonds. The van der Waals surface area contributed by atoms with Crippen LogP contribution in [0, 0.1) is 29.6 Å². The van der Waals surface area contributed by atoms with Gasteiger partial charge < -0.3 is 38.3 Å². The molecule has 1 N–H and O–H groups in total. The van der Waals surface area contributed by atoms with Gasteiger partial charge in [0.1, 0.15) is 5.60 Å². The number of ether oxygens (including phenoxy) is 7. The van der Waals surface area contributed by atoms with Gasteiger partial charge in [0.05, 0.1) is 74.8 Å². The lowest BCUT2D eigenvalue weighted by Gasteiger charge is -2.52. The minimum absolute atomic E-state index is 0.0547. The monoisotopic (exact) mass is 640 g/mol. The highest BCUT2D eigenvalue weighted by molar-refractivity contribution is 5.13. The average molecular weight is 641 g/mol. The van der Waals surface area contributed by atoms with E-state index in [-0.39, 0.29) is 72.5 Å². The van der Waals surface area contributed by atoms with Gasteiger partial charge in [0.25, 0.3) is 0 Å². The van der Waals surface area contributed by atoms with Gasteiger partial charge in [-0.05, 0) is 49.5 Å². The lowest BCUT2D eigenvalue weighted by atomic mass is 9.73. The number of hydrogen-bond donors (Lipinski definition) is 1. The summed E-state index contributed by atoms with van der Waals surface area (Å²) in [4.78, 5) is 0. The first-order valence-electron chi connectivity index (χ1n) is 18.0. The minimum Gasteiger partial charge on any atom is -0.390 e. The van der Waals surface area contributed by atoms with E-state index in [9.17, 15) is 5.11 Å². The molecule has 6 aliphatic rings. The highest BCUT2D eigenvalue weighted by atomic mass is 16.7. The van der Waals surface area contributed by atoms with Crippen LogP contribution in [0.5, 0.6) is 0 Å². The van der Waals surface area contributed by atoms with Crippen molar-refractivity contribution < 1.29 is 38.3 Å². The molecular weight excluding hydrogens is 584 g/mol. The van der Waals surface area contributed by atoms with Crippen LogP contribution in [0.25, 0.3) is 0 Å². The third-order valence-electron chi connectivity index (χ3n) is 12.6. The van der Waals surface area contributed by atoms with Crippen molar-refractivity contribution in [2.75, 3.05) is 13.2 Å². The summed E-state index contributed by atoms with van der Waals surface area (Å²) in [6.45, 7) is 16.9. The van der Waals surface area contributed by atoms with E-state index in [4.69, 9.17) is 33.2 Å². The van der Waals surface area contributed by atoms with E-state index in [1.807, 2.05) is 13.0 Å². The van der Waals surface area contributed by atoms with Crippen molar-refractivity contribution in [2.45, 2.75) is 146 Å². The zero-order valence-corrected chi connectivity index (χ0v) is 28.4. The minimum atomic E-state index is -0.766. The lowest BCUT2D eigenvalue weighted by molar-refractivity contribution is -0.337. The highest BCUT2D eigenvalue weighted by Gasteiger charge is 2.60. The SMILES string of the molecule is C=C[C@]1(C)O[C@@H]2C[C@H](C)C[C@@H]3O[C@@H]4[C@@H](C)[C@H](COCc5ccccc5)[C@@H]5O[C@]6(CCCO6)[C@@H](C)[C@H](C)[C@H]5O[C@H]4C[C@H]3O[C@H]2C[C@H]1O. The largest absolute Gasteiger partial charge is 0.390 e. The van der Waals surface area contributed by atoms with Gasteiger partial charge in [0.15, 0.2) is 5.79 Å². The molecule has 0 unspecified atom stereocenters. The number of aliphatic hydroxyl groups excluding tert-OH is 1. The summed E-state index contributed by atoms with van der Waals surface area (Å²) >= 11 is 0. The Balaban J connectivity index is 1.15. The Morgan fingerprint density at radius 2 is 1.57 bits per heavy atom. The molecule has 0 aromatic heterocycles. The topological polar surface area (TPSA) is 84.8 Å². The Labute approximate surface area is 275 Å². The zero-order chi connectivity index (χ0) is 32.2. The van der Waals surface area contributed by atoms with Gasteiger partial charge in [-0.1, -0.05) is 64.1 Å². The molecule has 6 aliphatic heterocycles. The van der Waals surface area contributed by atoms with E-state index in [0.717, 1.165) is 44.3 Å². The second-order valence-electron chi connectivity index (χ2n) is 15.6. The maximum atomic E-state index is 11.0. The van der Waals surface area contributed by atoms with Crippen LogP contribution < -0.4 is 0 Å². The number of rotatable bonds is 5. The van der Waals surface area contributed by atoms with Crippen molar-refractivity contribution >= 4 is 0 Å². The molecule has 1 aromatic carbocycles. The van der Waals surface area contributed by atoms with Gasteiger partial charge in [-0.15, -0.1) is 6.58 Å². The van der Waals surface area contributed by atoms with Gasteiger partial charge in [-0.3, -0.25) is 0 Å². The molecule has 16 atom stereocenters. The van der Waals surface area contributed by atoms with Crippen molar-refractivity contribution in [2.24, 2.45) is 29.6 Å². The Kier molecular flexibility index (Phi) is 9.49. The molecular formula is C38H56O8. The van der Waals surface area contributed by atoms with Gasteiger partial charge >= 0.3 is 0 Å². The fourth-order valence-corrected chi connectivity index (χ4v) is 9.45. The summed E-state index contributed by atoms with van der Waals surface area (Å²) in [5.74, 6) is 0.451. The summed E-state index contributed by atoms with van der Waals surface area (Å²) in [5, 5.41) is 11.0. The van der Waals surface area contributed by atoms with E-state index >= 15 is 0 Å². The number of benzene rings is 1. The number of hydrogen-bond acceptors (Lipinski definition) is 8. The fourth-order valence-electron chi connectivity index (χ4n) is 9.45. The van der Waals surface area contributed by atoms with Crippen molar-refractivity contribution in [3.63, 3.8) is 0 Å². The van der Waals surface area contributed by atoms with Crippen molar-refractivity contribution in [3.05, 3.63) is 48.6 Å². The quantitative estimate of drug-likeness (QED) is 0.403. The Bertz CT molecular complexity index is 1190. The third kappa shape index (κ3) is 6.04. The molecule has 0 bridgehead atoms. The van der Waals surface area contributed by atoms with E-state index in [0.29, 0.717) is 25.6 Å². The van der Waals surface area contributed by atoms with Crippen molar-refractivity contribution in [1.29, 1.82) is 0 Å². The van der Waals surface area contributed by atoms with Crippen LogP contribution in [0.15, 0.2) is 43.0 Å². The predicted octanol–water partition coefficient (Wildman–Crippen LogP) is 5.84. The van der Waals surface area contributed by atoms with Gasteiger partial charge in [0, 0.05) is 31.1 Å². The standard InChI is InChI=1S/C38H56O8/c1-7-37(6)33(39)19-30-31(45-37)17-22(2)16-28-29(42-30)18-32-34(43-28)24(4)27(21-40-20-26-12-9-8-10-13-26)36-35(44-32)23(3)25(5)38(46-36)14-11-15-41-38/h7-10,12-13,22-25,27-36,39H,1,11,14-21H2,2-6H3/t22-,23+,24+,25+,27+,28+,29-,30+,31-,32+,33-,34-,35-,36+,37+,38-/m1/s1. The molecule has 1 aromatic rings. The normalized spacial score (nSPS) is 50.7. The van der Waals surface area contributed by atoms with E-state index in [1.165, 1.54) is 0 Å². The van der Waals surface area contributed by atoms with Crippen LogP contribution in [-0.4, -0.2) is 84.6 Å². The average Bonchev–Trinajstić information content (AvgIpc) is 3.48. The highest BCUT2D eigenvalue weighted by Crippen LogP contribution is 2.52. The molecule has 1 spiro atoms. The molecule has 6 saturated heterocycles. The molecule has 7 rings (SSSR count). The van der Waals surface area contributed by atoms with Crippen LogP contribution in [-0.2, 0) is 39.8 Å². The van der Waals surface area contributed by atoms with Crippen LogP contribution >= 0.6 is 0 Å². The summed E-state index contributed by atoms with van der Waals surface area (Å²) < 4.78 is 47.7. The molecule has 46 heavy (non-hydrogen) atoms. The molecule has 256 valence electrons. The van der Waals surface area contributed by atoms with Gasteiger partial charge in [0.2, 0.25) is 0 Å². The number of aliphatic hydroxyl groups is 1. The van der Waals surface area contributed by atoms with Gasteiger partial charge in [-0.2, -0.15) is 0 Å². The lowest BCUT2D eigenvalue weighted by Crippen LogP contribution is -2.60. The molecule has 0 radical (unpaired) electrons. The first-order chi connectivity index (χ1) is 22.1. The maximum absolute atomic E-state index is 11.0. The second kappa shape index (κ2) is 13.2. The molecule has 8 heteroatoms. The summed E-state index contributed by atoms with van der Waals surface area (Å²) in [6, 6.07) is 10.4. The fraction of sp³-hybridized carbons (Fsp3) is 0.789. The summed E-state index contributed by atoms with van der Waals surface area (Å²) in [5.41, 5.74) is 0.398.